The third-order valence-electron chi connectivity index (χ3n) is 3.11. The zero-order chi connectivity index (χ0) is 13.7. The van der Waals surface area contributed by atoms with E-state index < -0.39 is 0 Å². The molecule has 19 heavy (non-hydrogen) atoms. The topological polar surface area (TPSA) is 52.6 Å². The van der Waals surface area contributed by atoms with Gasteiger partial charge in [0.15, 0.2) is 0 Å². The van der Waals surface area contributed by atoms with Crippen LogP contribution in [0.3, 0.4) is 0 Å². The van der Waals surface area contributed by atoms with Gasteiger partial charge in [0.05, 0.1) is 12.6 Å². The lowest BCUT2D eigenvalue weighted by molar-refractivity contribution is -0.128. The van der Waals surface area contributed by atoms with Gasteiger partial charge < -0.3 is 10.4 Å². The minimum Gasteiger partial charge on any atom is -0.395 e. The van der Waals surface area contributed by atoms with E-state index in [1.54, 1.807) is 11.3 Å². The minimum absolute atomic E-state index is 0.0697. The molecule has 102 valence electrons. The van der Waals surface area contributed by atoms with E-state index in [2.05, 4.69) is 28.1 Å². The highest BCUT2D eigenvalue weighted by Crippen LogP contribution is 2.18. The number of aliphatic hydroxyl groups excluding tert-OH is 1. The van der Waals surface area contributed by atoms with Crippen LogP contribution in [0.1, 0.15) is 23.8 Å². The number of thiophene rings is 1. The zero-order valence-corrected chi connectivity index (χ0v) is 11.8. The maximum absolute atomic E-state index is 11.6. The SMILES string of the molecule is CC1C(=O)NCCN1Cc1cc(C#CCCO)cs1. The molecule has 0 aromatic carbocycles. The second-order valence-electron chi connectivity index (χ2n) is 4.51. The number of nitrogens with one attached hydrogen (secondary N) is 1. The average Bonchev–Trinajstić information content (AvgIpc) is 2.83. The number of carbonyl (C=O) groups is 1. The molecule has 1 aromatic heterocycles. The van der Waals surface area contributed by atoms with Crippen LogP contribution in [0.25, 0.3) is 0 Å². The number of aliphatic hydroxyl groups is 1. The van der Waals surface area contributed by atoms with Crippen LogP contribution >= 0.6 is 11.3 Å². The van der Waals surface area contributed by atoms with E-state index in [4.69, 9.17) is 5.11 Å². The molecule has 0 bridgehead atoms. The monoisotopic (exact) mass is 278 g/mol. The van der Waals surface area contributed by atoms with E-state index >= 15 is 0 Å². The van der Waals surface area contributed by atoms with Gasteiger partial charge in [-0.2, -0.15) is 0 Å². The zero-order valence-electron chi connectivity index (χ0n) is 11.0. The molecule has 2 N–H and O–H groups in total. The molecule has 1 atom stereocenters. The van der Waals surface area contributed by atoms with Crippen molar-refractivity contribution in [2.75, 3.05) is 19.7 Å². The Morgan fingerprint density at radius 2 is 2.47 bits per heavy atom. The van der Waals surface area contributed by atoms with Gasteiger partial charge in [0.2, 0.25) is 5.91 Å². The van der Waals surface area contributed by atoms with Gasteiger partial charge in [-0.3, -0.25) is 9.69 Å². The Bertz CT molecular complexity index is 501. The first-order valence-corrected chi connectivity index (χ1v) is 7.27. The van der Waals surface area contributed by atoms with Crippen LogP contribution in [-0.4, -0.2) is 41.7 Å². The molecule has 1 saturated heterocycles. The summed E-state index contributed by atoms with van der Waals surface area (Å²) in [5, 5.41) is 13.6. The third kappa shape index (κ3) is 3.80. The van der Waals surface area contributed by atoms with Crippen molar-refractivity contribution in [2.45, 2.75) is 25.9 Å². The summed E-state index contributed by atoms with van der Waals surface area (Å²) < 4.78 is 0. The minimum atomic E-state index is -0.0697. The lowest BCUT2D eigenvalue weighted by atomic mass is 10.2. The summed E-state index contributed by atoms with van der Waals surface area (Å²) >= 11 is 1.67. The Balaban J connectivity index is 1.96. The molecular weight excluding hydrogens is 260 g/mol. The van der Waals surface area contributed by atoms with Crippen LogP contribution in [0.15, 0.2) is 11.4 Å². The molecule has 1 aliphatic rings. The largest absolute Gasteiger partial charge is 0.395 e. The molecule has 2 heterocycles. The third-order valence-corrected chi connectivity index (χ3v) is 4.03. The summed E-state index contributed by atoms with van der Waals surface area (Å²) in [6.07, 6.45) is 0.508. The van der Waals surface area contributed by atoms with Crippen LogP contribution < -0.4 is 5.32 Å². The number of hydrogen-bond acceptors (Lipinski definition) is 4. The molecule has 4 nitrogen and oxygen atoms in total. The van der Waals surface area contributed by atoms with Crippen molar-refractivity contribution in [3.63, 3.8) is 0 Å². The second kappa shape index (κ2) is 6.71. The fourth-order valence-corrected chi connectivity index (χ4v) is 2.84. The van der Waals surface area contributed by atoms with Crippen molar-refractivity contribution in [3.05, 3.63) is 21.9 Å². The van der Waals surface area contributed by atoms with Gasteiger partial charge in [0.1, 0.15) is 0 Å². The average molecular weight is 278 g/mol. The molecule has 1 aromatic rings. The lowest BCUT2D eigenvalue weighted by Gasteiger charge is -2.32. The predicted octanol–water partition coefficient (Wildman–Crippen LogP) is 0.802. The van der Waals surface area contributed by atoms with Crippen LogP contribution in [0.5, 0.6) is 0 Å². The Labute approximate surface area is 117 Å². The maximum Gasteiger partial charge on any atom is 0.237 e. The van der Waals surface area contributed by atoms with Gasteiger partial charge in [0, 0.05) is 41.9 Å². The summed E-state index contributed by atoms with van der Waals surface area (Å²) in [4.78, 5) is 15.0. The van der Waals surface area contributed by atoms with E-state index in [1.165, 1.54) is 4.88 Å². The van der Waals surface area contributed by atoms with Gasteiger partial charge in [-0.25, -0.2) is 0 Å². The Hall–Kier alpha value is -1.35. The second-order valence-corrected chi connectivity index (χ2v) is 5.51. The van der Waals surface area contributed by atoms with Crippen molar-refractivity contribution in [1.82, 2.24) is 10.2 Å². The summed E-state index contributed by atoms with van der Waals surface area (Å²) in [7, 11) is 0. The number of hydrogen-bond donors (Lipinski definition) is 2. The number of piperazine rings is 1. The molecule has 1 unspecified atom stereocenters. The number of carbonyl (C=O) groups excluding carboxylic acids is 1. The van der Waals surface area contributed by atoms with Crippen molar-refractivity contribution < 1.29 is 9.90 Å². The van der Waals surface area contributed by atoms with E-state index in [0.717, 1.165) is 25.2 Å². The molecule has 0 radical (unpaired) electrons. The highest BCUT2D eigenvalue weighted by atomic mass is 32.1. The molecule has 2 rings (SSSR count). The van der Waals surface area contributed by atoms with Crippen molar-refractivity contribution >= 4 is 17.2 Å². The summed E-state index contributed by atoms with van der Waals surface area (Å²) in [6.45, 7) is 4.43. The molecule has 0 saturated carbocycles. The van der Waals surface area contributed by atoms with Crippen molar-refractivity contribution in [3.8, 4) is 11.8 Å². The van der Waals surface area contributed by atoms with Crippen LogP contribution in [-0.2, 0) is 11.3 Å². The molecule has 1 fully saturated rings. The van der Waals surface area contributed by atoms with E-state index in [-0.39, 0.29) is 18.6 Å². The number of amides is 1. The maximum atomic E-state index is 11.6. The van der Waals surface area contributed by atoms with Crippen molar-refractivity contribution in [2.24, 2.45) is 0 Å². The Morgan fingerprint density at radius 3 is 3.26 bits per heavy atom. The molecule has 5 heteroatoms. The summed E-state index contributed by atoms with van der Waals surface area (Å²) in [6, 6.07) is 1.99. The van der Waals surface area contributed by atoms with Gasteiger partial charge in [-0.15, -0.1) is 11.3 Å². The van der Waals surface area contributed by atoms with Crippen LogP contribution in [0.4, 0.5) is 0 Å². The van der Waals surface area contributed by atoms with Crippen LogP contribution in [0.2, 0.25) is 0 Å². The molecule has 1 amide bonds. The highest BCUT2D eigenvalue weighted by Gasteiger charge is 2.25. The first kappa shape index (κ1) is 14.1. The lowest BCUT2D eigenvalue weighted by Crippen LogP contribution is -2.53. The quantitative estimate of drug-likeness (QED) is 0.804. The Kier molecular flexibility index (Phi) is 4.97. The standard InChI is InChI=1S/C14H18N2O2S/c1-11-14(18)15-5-6-16(11)9-13-8-12(10-19-13)4-2-3-7-17/h8,10-11,17H,3,5-7,9H2,1H3,(H,15,18). The van der Waals surface area contributed by atoms with Crippen LogP contribution in [0, 0.1) is 11.8 Å². The smallest absolute Gasteiger partial charge is 0.237 e. The number of nitrogens with zero attached hydrogens (tertiary/aromatic N) is 1. The highest BCUT2D eigenvalue weighted by molar-refractivity contribution is 7.10. The van der Waals surface area contributed by atoms with Gasteiger partial charge in [0.25, 0.3) is 0 Å². The molecule has 0 aliphatic carbocycles. The van der Waals surface area contributed by atoms with Gasteiger partial charge >= 0.3 is 0 Å². The fourth-order valence-electron chi connectivity index (χ4n) is 2.00. The van der Waals surface area contributed by atoms with E-state index in [1.807, 2.05) is 12.3 Å². The first-order valence-electron chi connectivity index (χ1n) is 6.39. The van der Waals surface area contributed by atoms with Gasteiger partial charge in [-0.05, 0) is 13.0 Å². The normalized spacial score (nSPS) is 19.7. The summed E-state index contributed by atoms with van der Waals surface area (Å²) in [5.41, 5.74) is 0.988. The fraction of sp³-hybridized carbons (Fsp3) is 0.500. The Morgan fingerprint density at radius 1 is 1.63 bits per heavy atom. The van der Waals surface area contributed by atoms with Gasteiger partial charge in [-0.1, -0.05) is 11.8 Å². The van der Waals surface area contributed by atoms with E-state index in [9.17, 15) is 4.79 Å². The molecule has 0 spiro atoms. The van der Waals surface area contributed by atoms with Crippen molar-refractivity contribution in [1.29, 1.82) is 0 Å². The van der Waals surface area contributed by atoms with E-state index in [0.29, 0.717) is 6.42 Å². The molecular formula is C14H18N2O2S. The molecule has 1 aliphatic heterocycles. The first-order chi connectivity index (χ1) is 9.20. The predicted molar refractivity (Wildman–Crippen MR) is 75.8 cm³/mol. The number of rotatable bonds is 3. The summed E-state index contributed by atoms with van der Waals surface area (Å²) in [5.74, 6) is 6.04.